The molecule has 0 aliphatic carbocycles. The summed E-state index contributed by atoms with van der Waals surface area (Å²) in [5.74, 6) is 0. The molecule has 0 aromatic carbocycles. The van der Waals surface area contributed by atoms with Crippen molar-refractivity contribution in [2.75, 3.05) is 19.4 Å². The summed E-state index contributed by atoms with van der Waals surface area (Å²) >= 11 is 2.29. The third-order valence-corrected chi connectivity index (χ3v) is 2.48. The third-order valence-electron chi connectivity index (χ3n) is 0.434. The summed E-state index contributed by atoms with van der Waals surface area (Å²) in [5, 5.41) is 2.20. The highest BCUT2D eigenvalue weighted by molar-refractivity contribution is 14.1. The predicted molar refractivity (Wildman–Crippen MR) is 43.4 cm³/mol. The zero-order valence-corrected chi connectivity index (χ0v) is 7.16. The van der Waals surface area contributed by atoms with Crippen LogP contribution in [0.5, 0.6) is 0 Å². The van der Waals surface area contributed by atoms with Crippen molar-refractivity contribution in [2.45, 2.75) is 0 Å². The lowest BCUT2D eigenvalue weighted by atomic mass is 10.2. The molecule has 0 bridgehead atoms. The molecule has 0 saturated heterocycles. The largest absolute Gasteiger partial charge is 0.204 e. The highest BCUT2D eigenvalue weighted by Crippen LogP contribution is 2.22. The molecule has 35 valence electrons. The topological polar surface area (TPSA) is 0 Å². The zero-order valence-electron chi connectivity index (χ0n) is 4.11. The molecular weight excluding hydrogens is 205 g/mol. The Balaban J connectivity index is 2.63. The molecule has 0 aromatic heterocycles. The molecule has 1 radical (unpaired) electrons. The first kappa shape index (κ1) is 7.22. The molecule has 0 aromatic rings. The van der Waals surface area contributed by atoms with Crippen molar-refractivity contribution >= 4 is 35.4 Å². The first-order valence-electron chi connectivity index (χ1n) is 1.84. The van der Waals surface area contributed by atoms with Gasteiger partial charge in [0, 0.05) is 0 Å². The van der Waals surface area contributed by atoms with Gasteiger partial charge in [-0.15, -0.1) is 7.92 Å². The summed E-state index contributed by atoms with van der Waals surface area (Å²) in [7, 11) is 0.336. The van der Waals surface area contributed by atoms with Crippen LogP contribution in [-0.2, 0) is 0 Å². The molecule has 0 nitrogen and oxygen atoms in total. The maximum absolute atomic E-state index is 2.29. The van der Waals surface area contributed by atoms with E-state index in [1.165, 1.54) is 6.06 Å². The van der Waals surface area contributed by atoms with Gasteiger partial charge in [0.15, 0.2) is 0 Å². The van der Waals surface area contributed by atoms with Gasteiger partial charge >= 0.3 is 0 Å². The van der Waals surface area contributed by atoms with Gasteiger partial charge in [0.1, 0.15) is 0 Å². The van der Waals surface area contributed by atoms with Crippen molar-refractivity contribution in [2.24, 2.45) is 0 Å². The van der Waals surface area contributed by atoms with E-state index < -0.39 is 0 Å². The van der Waals surface area contributed by atoms with Crippen molar-refractivity contribution in [1.29, 1.82) is 0 Å². The minimum absolute atomic E-state index is 0.336. The molecule has 0 N–H and O–H groups in total. The van der Waals surface area contributed by atoms with Crippen molar-refractivity contribution < 1.29 is 0 Å². The average molecular weight is 213 g/mol. The second kappa shape index (κ2) is 4.39. The van der Waals surface area contributed by atoms with Crippen LogP contribution in [0.3, 0.4) is 0 Å². The lowest BCUT2D eigenvalue weighted by molar-refractivity contribution is 2.02. The van der Waals surface area contributed by atoms with Gasteiger partial charge < -0.3 is 0 Å². The van der Waals surface area contributed by atoms with E-state index in [-0.39, 0.29) is 0 Å². The number of rotatable bonds is 2. The van der Waals surface area contributed by atoms with Crippen LogP contribution in [0.1, 0.15) is 0 Å². The monoisotopic (exact) mass is 213 g/mol. The molecule has 0 heterocycles. The average Bonchev–Trinajstić information content (AvgIpc) is 1.35. The summed E-state index contributed by atoms with van der Waals surface area (Å²) in [5.41, 5.74) is 0. The predicted octanol–water partition coefficient (Wildman–Crippen LogP) is 1.74. The Hall–Kier alpha value is 1.22. The van der Waals surface area contributed by atoms with Gasteiger partial charge in [-0.05, 0) is 19.4 Å². The first-order chi connectivity index (χ1) is 2.77. The fourth-order valence-electron chi connectivity index (χ4n) is 0.138. The van der Waals surface area contributed by atoms with Crippen molar-refractivity contribution in [3.63, 3.8) is 0 Å². The molecule has 0 aliphatic heterocycles. The van der Waals surface area contributed by atoms with E-state index in [1.54, 1.807) is 0 Å². The van der Waals surface area contributed by atoms with E-state index in [0.29, 0.717) is 7.92 Å². The molecule has 0 unspecified atom stereocenters. The smallest absolute Gasteiger partial charge is 0.158 e. The minimum atomic E-state index is 0.336. The van der Waals surface area contributed by atoms with E-state index in [1.807, 2.05) is 0 Å². The Kier molecular flexibility index (Phi) is 5.28. The van der Waals surface area contributed by atoms with Gasteiger partial charge in [0.2, 0.25) is 5.14 Å². The van der Waals surface area contributed by atoms with E-state index >= 15 is 0 Å². The Morgan fingerprint density at radius 2 is 2.17 bits per heavy atom. The highest BCUT2D eigenvalue weighted by atomic mass is 127. The van der Waals surface area contributed by atoms with Crippen LogP contribution in [0, 0.1) is 0 Å². The Labute approximate surface area is 55.0 Å². The van der Waals surface area contributed by atoms with Crippen LogP contribution in [0.4, 0.5) is 0 Å². The normalized spacial score (nSPS) is 9.33. The van der Waals surface area contributed by atoms with Gasteiger partial charge in [-0.3, -0.25) is 0 Å². The summed E-state index contributed by atoms with van der Waals surface area (Å²) < 4.78 is 0. The third kappa shape index (κ3) is 5.22. The Morgan fingerprint density at radius 3 is 2.17 bits per heavy atom. The summed E-state index contributed by atoms with van der Waals surface area (Å²) in [6.45, 7) is 4.56. The lowest BCUT2D eigenvalue weighted by Gasteiger charge is -1.95. The maximum atomic E-state index is 2.29. The second-order valence-electron chi connectivity index (χ2n) is 1.42. The van der Waals surface area contributed by atoms with E-state index in [2.05, 4.69) is 40.8 Å². The van der Waals surface area contributed by atoms with Gasteiger partial charge in [0.25, 0.3) is 0 Å². The summed E-state index contributed by atoms with van der Waals surface area (Å²) in [6, 6.07) is 1.30. The Morgan fingerprint density at radius 1 is 1.67 bits per heavy atom. The van der Waals surface area contributed by atoms with Crippen LogP contribution in [0.25, 0.3) is 0 Å². The quantitative estimate of drug-likeness (QED) is 0.372. The minimum Gasteiger partial charge on any atom is -0.158 e. The van der Waals surface area contributed by atoms with E-state index in [0.717, 1.165) is 0 Å². The van der Waals surface area contributed by atoms with Crippen LogP contribution in [0.2, 0.25) is 0 Å². The second-order valence-corrected chi connectivity index (χ2v) is 4.82. The molecule has 0 rings (SSSR count). The molecule has 3 heteroatoms. The summed E-state index contributed by atoms with van der Waals surface area (Å²) in [6.07, 6.45) is 0. The van der Waals surface area contributed by atoms with Crippen LogP contribution in [-0.4, -0.2) is 24.5 Å². The van der Waals surface area contributed by atoms with Crippen LogP contribution < -0.4 is 0 Å². The van der Waals surface area contributed by atoms with Crippen LogP contribution in [0.15, 0.2) is 0 Å². The molecule has 0 fully saturated rings. The lowest BCUT2D eigenvalue weighted by Crippen LogP contribution is -1.82. The van der Waals surface area contributed by atoms with E-state index in [4.69, 9.17) is 0 Å². The Bertz CT molecular complexity index is 32.0. The molecule has 6 heavy (non-hydrogen) atoms. The molecular formula is C3H8BIP. The van der Waals surface area contributed by atoms with Crippen molar-refractivity contribution in [1.82, 2.24) is 0 Å². The zero-order chi connectivity index (χ0) is 4.99. The molecule has 0 aliphatic rings. The standard InChI is InChI=1S/C3H8BIP/c1-6(2)3-4-5/h3H2,1-2H3. The first-order valence-corrected chi connectivity index (χ1v) is 5.50. The van der Waals surface area contributed by atoms with Crippen molar-refractivity contribution in [3.05, 3.63) is 0 Å². The molecule has 0 atom stereocenters. The van der Waals surface area contributed by atoms with Gasteiger partial charge in [-0.25, -0.2) is 0 Å². The fourth-order valence-corrected chi connectivity index (χ4v) is 2.78. The highest BCUT2D eigenvalue weighted by Gasteiger charge is 1.87. The molecule has 0 amide bonds. The van der Waals surface area contributed by atoms with Gasteiger partial charge in [0.05, 0.1) is 0 Å². The summed E-state index contributed by atoms with van der Waals surface area (Å²) in [4.78, 5) is 0. The number of hydrogen-bond donors (Lipinski definition) is 0. The van der Waals surface area contributed by atoms with Crippen molar-refractivity contribution in [3.8, 4) is 0 Å². The number of hydrogen-bond acceptors (Lipinski definition) is 0. The molecule has 0 saturated carbocycles. The number of halogens is 1. The van der Waals surface area contributed by atoms with Gasteiger partial charge in [-0.1, -0.05) is 0 Å². The van der Waals surface area contributed by atoms with E-state index in [9.17, 15) is 0 Å². The SMILES string of the molecule is CP(C)C[B]I. The fraction of sp³-hybridized carbons (Fsp3) is 1.00. The molecule has 0 spiro atoms. The van der Waals surface area contributed by atoms with Gasteiger partial charge in [-0.2, -0.15) is 22.4 Å². The maximum Gasteiger partial charge on any atom is 0.204 e. The van der Waals surface area contributed by atoms with Crippen LogP contribution >= 0.6 is 30.3 Å².